The number of rotatable bonds is 3. The van der Waals surface area contributed by atoms with Gasteiger partial charge in [-0.3, -0.25) is 4.79 Å². The fourth-order valence-corrected chi connectivity index (χ4v) is 2.18. The molecule has 1 saturated heterocycles. The van der Waals surface area contributed by atoms with E-state index in [9.17, 15) is 4.79 Å². The fourth-order valence-electron chi connectivity index (χ4n) is 1.98. The van der Waals surface area contributed by atoms with Crippen molar-refractivity contribution in [2.24, 2.45) is 0 Å². The van der Waals surface area contributed by atoms with Crippen molar-refractivity contribution in [1.82, 2.24) is 0 Å². The molecule has 0 N–H and O–H groups in total. The zero-order valence-electron chi connectivity index (χ0n) is 9.23. The Balaban J connectivity index is 2.21. The average molecular weight is 250 g/mol. The minimum absolute atomic E-state index is 0.160. The van der Waals surface area contributed by atoms with E-state index in [0.29, 0.717) is 23.6 Å². The Hall–Kier alpha value is -1.37. The molecule has 0 aliphatic carbocycles. The zero-order valence-corrected chi connectivity index (χ0v) is 9.98. The van der Waals surface area contributed by atoms with Crippen LogP contribution in [0, 0.1) is 11.3 Å². The van der Waals surface area contributed by atoms with Crippen LogP contribution in [-0.2, 0) is 9.53 Å². The van der Waals surface area contributed by atoms with Crippen LogP contribution in [0.1, 0.15) is 24.3 Å². The molecule has 0 aromatic heterocycles. The Bertz CT molecular complexity index is 461. The Labute approximate surface area is 105 Å². The summed E-state index contributed by atoms with van der Waals surface area (Å²) in [6.07, 6.45) is 1.15. The monoisotopic (exact) mass is 249 g/mol. The standard InChI is InChI=1S/C13H12ClNO2/c14-10-4-1-3-9(7-10)11(8-15)13(16)12-5-2-6-17-12/h1,3-4,7,11-12H,2,5-6H2. The van der Waals surface area contributed by atoms with Gasteiger partial charge in [0.25, 0.3) is 0 Å². The minimum atomic E-state index is -0.781. The number of hydrogen-bond acceptors (Lipinski definition) is 3. The number of hydrogen-bond donors (Lipinski definition) is 0. The summed E-state index contributed by atoms with van der Waals surface area (Å²) in [5.41, 5.74) is 0.639. The molecule has 4 heteroatoms. The molecule has 0 radical (unpaired) electrons. The first-order chi connectivity index (χ1) is 8.22. The third-order valence-electron chi connectivity index (χ3n) is 2.84. The molecular formula is C13H12ClNO2. The van der Waals surface area contributed by atoms with Crippen molar-refractivity contribution in [2.75, 3.05) is 6.61 Å². The molecular weight excluding hydrogens is 238 g/mol. The van der Waals surface area contributed by atoms with E-state index in [1.165, 1.54) is 0 Å². The van der Waals surface area contributed by atoms with Gasteiger partial charge in [-0.25, -0.2) is 0 Å². The van der Waals surface area contributed by atoms with Crippen LogP contribution in [-0.4, -0.2) is 18.5 Å². The Kier molecular flexibility index (Phi) is 3.78. The molecule has 1 fully saturated rings. The van der Waals surface area contributed by atoms with Gasteiger partial charge in [0.2, 0.25) is 0 Å². The van der Waals surface area contributed by atoms with Gasteiger partial charge in [0.05, 0.1) is 6.07 Å². The number of ether oxygens (including phenoxy) is 1. The molecule has 0 spiro atoms. The van der Waals surface area contributed by atoms with Crippen molar-refractivity contribution >= 4 is 17.4 Å². The van der Waals surface area contributed by atoms with E-state index in [1.807, 2.05) is 6.07 Å². The van der Waals surface area contributed by atoms with Crippen LogP contribution in [0.4, 0.5) is 0 Å². The summed E-state index contributed by atoms with van der Waals surface area (Å²) in [5.74, 6) is -0.941. The molecule has 0 bridgehead atoms. The van der Waals surface area contributed by atoms with Gasteiger partial charge in [-0.05, 0) is 30.5 Å². The van der Waals surface area contributed by atoms with Crippen LogP contribution in [0.5, 0.6) is 0 Å². The quantitative estimate of drug-likeness (QED) is 0.828. The second-order valence-electron chi connectivity index (χ2n) is 4.02. The first-order valence-electron chi connectivity index (χ1n) is 5.53. The summed E-state index contributed by atoms with van der Waals surface area (Å²) in [6.45, 7) is 0.601. The number of nitrogens with zero attached hydrogens (tertiary/aromatic N) is 1. The van der Waals surface area contributed by atoms with Gasteiger partial charge in [-0.2, -0.15) is 5.26 Å². The van der Waals surface area contributed by atoms with E-state index in [2.05, 4.69) is 0 Å². The van der Waals surface area contributed by atoms with E-state index < -0.39 is 12.0 Å². The number of Topliss-reactive ketones (excluding diaryl/α,β-unsaturated/α-hetero) is 1. The van der Waals surface area contributed by atoms with Crippen molar-refractivity contribution in [1.29, 1.82) is 5.26 Å². The summed E-state index contributed by atoms with van der Waals surface area (Å²) in [5, 5.41) is 9.66. The van der Waals surface area contributed by atoms with Gasteiger partial charge in [0.15, 0.2) is 5.78 Å². The number of benzene rings is 1. The smallest absolute Gasteiger partial charge is 0.183 e. The normalized spacial score (nSPS) is 20.8. The highest BCUT2D eigenvalue weighted by molar-refractivity contribution is 6.30. The van der Waals surface area contributed by atoms with Crippen molar-refractivity contribution in [3.05, 3.63) is 34.9 Å². The van der Waals surface area contributed by atoms with Gasteiger partial charge >= 0.3 is 0 Å². The Morgan fingerprint density at radius 2 is 2.41 bits per heavy atom. The molecule has 2 atom stereocenters. The first-order valence-corrected chi connectivity index (χ1v) is 5.90. The van der Waals surface area contributed by atoms with Crippen LogP contribution in [0.3, 0.4) is 0 Å². The number of carbonyl (C=O) groups is 1. The van der Waals surface area contributed by atoms with Gasteiger partial charge in [0, 0.05) is 11.6 Å². The van der Waals surface area contributed by atoms with Crippen LogP contribution in [0.15, 0.2) is 24.3 Å². The van der Waals surface area contributed by atoms with Crippen LogP contribution >= 0.6 is 11.6 Å². The van der Waals surface area contributed by atoms with Crippen molar-refractivity contribution in [3.8, 4) is 6.07 Å². The van der Waals surface area contributed by atoms with Gasteiger partial charge in [0.1, 0.15) is 12.0 Å². The third kappa shape index (κ3) is 2.66. The highest BCUT2D eigenvalue weighted by Gasteiger charge is 2.31. The third-order valence-corrected chi connectivity index (χ3v) is 3.08. The van der Waals surface area contributed by atoms with Crippen LogP contribution in [0.2, 0.25) is 5.02 Å². The predicted octanol–water partition coefficient (Wildman–Crippen LogP) is 2.70. The van der Waals surface area contributed by atoms with Gasteiger partial charge in [-0.1, -0.05) is 23.7 Å². The number of carbonyl (C=O) groups excluding carboxylic acids is 1. The Morgan fingerprint density at radius 1 is 1.59 bits per heavy atom. The zero-order chi connectivity index (χ0) is 12.3. The summed E-state index contributed by atoms with van der Waals surface area (Å²) >= 11 is 5.86. The molecule has 1 aliphatic heterocycles. The molecule has 2 rings (SSSR count). The lowest BCUT2D eigenvalue weighted by atomic mass is 9.92. The van der Waals surface area contributed by atoms with Crippen LogP contribution < -0.4 is 0 Å². The second kappa shape index (κ2) is 5.31. The molecule has 1 aromatic rings. The summed E-state index contributed by atoms with van der Waals surface area (Å²) in [7, 11) is 0. The first kappa shape index (κ1) is 12.1. The number of nitriles is 1. The topological polar surface area (TPSA) is 50.1 Å². The molecule has 88 valence electrons. The van der Waals surface area contributed by atoms with Gasteiger partial charge in [-0.15, -0.1) is 0 Å². The molecule has 1 aromatic carbocycles. The van der Waals surface area contributed by atoms with Crippen molar-refractivity contribution in [2.45, 2.75) is 24.9 Å². The SMILES string of the molecule is N#CC(C(=O)C1CCCO1)c1cccc(Cl)c1. The molecule has 3 nitrogen and oxygen atoms in total. The van der Waals surface area contributed by atoms with E-state index in [1.54, 1.807) is 24.3 Å². The van der Waals surface area contributed by atoms with Crippen molar-refractivity contribution < 1.29 is 9.53 Å². The molecule has 0 amide bonds. The maximum absolute atomic E-state index is 12.1. The van der Waals surface area contributed by atoms with Gasteiger partial charge < -0.3 is 4.74 Å². The highest BCUT2D eigenvalue weighted by atomic mass is 35.5. The second-order valence-corrected chi connectivity index (χ2v) is 4.46. The number of ketones is 1. The summed E-state index contributed by atoms with van der Waals surface area (Å²) in [6, 6.07) is 8.89. The molecule has 17 heavy (non-hydrogen) atoms. The maximum atomic E-state index is 12.1. The lowest BCUT2D eigenvalue weighted by Crippen LogP contribution is -2.25. The lowest BCUT2D eigenvalue weighted by Gasteiger charge is -2.13. The van der Waals surface area contributed by atoms with E-state index in [4.69, 9.17) is 21.6 Å². The molecule has 1 heterocycles. The average Bonchev–Trinajstić information content (AvgIpc) is 2.83. The summed E-state index contributed by atoms with van der Waals surface area (Å²) < 4.78 is 5.32. The minimum Gasteiger partial charge on any atom is -0.370 e. The largest absolute Gasteiger partial charge is 0.370 e. The highest BCUT2D eigenvalue weighted by Crippen LogP contribution is 2.25. The molecule has 1 aliphatic rings. The van der Waals surface area contributed by atoms with E-state index >= 15 is 0 Å². The van der Waals surface area contributed by atoms with E-state index in [-0.39, 0.29) is 5.78 Å². The van der Waals surface area contributed by atoms with E-state index in [0.717, 1.165) is 6.42 Å². The number of halogens is 1. The predicted molar refractivity (Wildman–Crippen MR) is 63.8 cm³/mol. The fraction of sp³-hybridized carbons (Fsp3) is 0.385. The molecule has 2 unspecified atom stereocenters. The molecule has 0 saturated carbocycles. The maximum Gasteiger partial charge on any atom is 0.183 e. The lowest BCUT2D eigenvalue weighted by molar-refractivity contribution is -0.128. The Morgan fingerprint density at radius 3 is 3.00 bits per heavy atom. The summed E-state index contributed by atoms with van der Waals surface area (Å²) in [4.78, 5) is 12.1. The van der Waals surface area contributed by atoms with Crippen LogP contribution in [0.25, 0.3) is 0 Å². The van der Waals surface area contributed by atoms with Crippen molar-refractivity contribution in [3.63, 3.8) is 0 Å².